The zero-order valence-electron chi connectivity index (χ0n) is 13.1. The van der Waals surface area contributed by atoms with Crippen molar-refractivity contribution >= 4 is 34.7 Å². The molecule has 2 aromatic rings. The highest BCUT2D eigenvalue weighted by molar-refractivity contribution is 7.80. The third-order valence-corrected chi connectivity index (χ3v) is 4.03. The van der Waals surface area contributed by atoms with Gasteiger partial charge in [-0.3, -0.25) is 0 Å². The molecule has 0 atom stereocenters. The van der Waals surface area contributed by atoms with E-state index in [0.29, 0.717) is 22.0 Å². The molecule has 3 nitrogen and oxygen atoms in total. The fraction of sp³-hybridized carbons (Fsp3) is 0.235. The van der Waals surface area contributed by atoms with Crippen molar-refractivity contribution in [2.24, 2.45) is 0 Å². The Morgan fingerprint density at radius 3 is 2.65 bits per heavy atom. The van der Waals surface area contributed by atoms with Crippen LogP contribution in [0.4, 0.5) is 10.1 Å². The molecular formula is C17H17ClFNO2S. The summed E-state index contributed by atoms with van der Waals surface area (Å²) < 4.78 is 24.7. The van der Waals surface area contributed by atoms with Crippen LogP contribution in [0, 0.1) is 19.7 Å². The van der Waals surface area contributed by atoms with Crippen LogP contribution in [-0.2, 0) is 11.3 Å². The van der Waals surface area contributed by atoms with Gasteiger partial charge < -0.3 is 14.8 Å². The van der Waals surface area contributed by atoms with Crippen molar-refractivity contribution in [1.29, 1.82) is 0 Å². The summed E-state index contributed by atoms with van der Waals surface area (Å²) in [5.41, 5.74) is 2.97. The predicted octanol–water partition coefficient (Wildman–Crippen LogP) is 5.02. The predicted molar refractivity (Wildman–Crippen MR) is 94.9 cm³/mol. The molecule has 0 bridgehead atoms. The Morgan fingerprint density at radius 2 is 1.96 bits per heavy atom. The highest BCUT2D eigenvalue weighted by Crippen LogP contribution is 2.30. The van der Waals surface area contributed by atoms with Gasteiger partial charge in [-0.15, -0.1) is 0 Å². The van der Waals surface area contributed by atoms with Gasteiger partial charge in [0.15, 0.2) is 0 Å². The quantitative estimate of drug-likeness (QED) is 0.782. The minimum atomic E-state index is -0.395. The average Bonchev–Trinajstić information content (AvgIpc) is 2.51. The fourth-order valence-electron chi connectivity index (χ4n) is 2.00. The van der Waals surface area contributed by atoms with Gasteiger partial charge in [0.05, 0.1) is 17.8 Å². The van der Waals surface area contributed by atoms with Gasteiger partial charge >= 0.3 is 0 Å². The Morgan fingerprint density at radius 1 is 1.26 bits per heavy atom. The van der Waals surface area contributed by atoms with E-state index in [1.54, 1.807) is 12.1 Å². The number of thiocarbonyl (C=S) groups is 1. The molecule has 0 fully saturated rings. The van der Waals surface area contributed by atoms with Gasteiger partial charge in [-0.05, 0) is 61.5 Å². The third kappa shape index (κ3) is 4.33. The second kappa shape index (κ2) is 7.62. The Bertz CT molecular complexity index is 737. The zero-order chi connectivity index (χ0) is 17.0. The van der Waals surface area contributed by atoms with Crippen LogP contribution < -0.4 is 10.1 Å². The van der Waals surface area contributed by atoms with Crippen molar-refractivity contribution in [3.8, 4) is 5.75 Å². The maximum Gasteiger partial charge on any atom is 0.260 e. The van der Waals surface area contributed by atoms with Gasteiger partial charge in [0.2, 0.25) is 0 Å². The summed E-state index contributed by atoms with van der Waals surface area (Å²) in [5, 5.41) is 3.47. The lowest BCUT2D eigenvalue weighted by Gasteiger charge is -2.15. The molecule has 0 spiro atoms. The first-order valence-corrected chi connectivity index (χ1v) is 7.73. The summed E-state index contributed by atoms with van der Waals surface area (Å²) in [7, 11) is 1.44. The SMILES string of the molecule is COC(=S)Nc1cccc(F)c1COc1cc(C)c(C)cc1Cl. The lowest BCUT2D eigenvalue weighted by atomic mass is 10.1. The molecule has 0 unspecified atom stereocenters. The van der Waals surface area contributed by atoms with E-state index in [4.69, 9.17) is 33.3 Å². The molecule has 122 valence electrons. The van der Waals surface area contributed by atoms with Gasteiger partial charge in [-0.1, -0.05) is 17.7 Å². The summed E-state index contributed by atoms with van der Waals surface area (Å²) in [6, 6.07) is 8.32. The van der Waals surface area contributed by atoms with Crippen molar-refractivity contribution in [1.82, 2.24) is 0 Å². The Labute approximate surface area is 145 Å². The summed E-state index contributed by atoms with van der Waals surface area (Å²) in [4.78, 5) is 0. The number of hydrogen-bond acceptors (Lipinski definition) is 3. The zero-order valence-corrected chi connectivity index (χ0v) is 14.6. The Balaban J connectivity index is 2.23. The summed E-state index contributed by atoms with van der Waals surface area (Å²) in [5.74, 6) is 0.118. The third-order valence-electron chi connectivity index (χ3n) is 3.46. The number of ether oxygens (including phenoxy) is 2. The lowest BCUT2D eigenvalue weighted by molar-refractivity contribution is 0.300. The molecule has 0 radical (unpaired) electrons. The summed E-state index contributed by atoms with van der Waals surface area (Å²) in [6.07, 6.45) is 0. The molecular weight excluding hydrogens is 337 g/mol. The number of anilines is 1. The normalized spacial score (nSPS) is 10.3. The number of rotatable bonds is 4. The lowest BCUT2D eigenvalue weighted by Crippen LogP contribution is -2.14. The largest absolute Gasteiger partial charge is 0.487 e. The maximum atomic E-state index is 14.1. The monoisotopic (exact) mass is 353 g/mol. The average molecular weight is 354 g/mol. The van der Waals surface area contributed by atoms with E-state index in [-0.39, 0.29) is 11.8 Å². The van der Waals surface area contributed by atoms with Gasteiger partial charge in [-0.25, -0.2) is 4.39 Å². The van der Waals surface area contributed by atoms with Crippen molar-refractivity contribution in [3.63, 3.8) is 0 Å². The molecule has 0 aliphatic carbocycles. The number of nitrogens with one attached hydrogen (secondary N) is 1. The molecule has 0 saturated carbocycles. The van der Waals surface area contributed by atoms with Crippen LogP contribution in [0.5, 0.6) is 5.75 Å². The number of benzene rings is 2. The van der Waals surface area contributed by atoms with Crippen molar-refractivity contribution in [2.45, 2.75) is 20.5 Å². The summed E-state index contributed by atoms with van der Waals surface area (Å²) >= 11 is 11.1. The van der Waals surface area contributed by atoms with E-state index >= 15 is 0 Å². The number of halogens is 2. The van der Waals surface area contributed by atoms with E-state index in [1.807, 2.05) is 26.0 Å². The number of methoxy groups -OCH3 is 1. The van der Waals surface area contributed by atoms with E-state index in [0.717, 1.165) is 11.1 Å². The van der Waals surface area contributed by atoms with Crippen LogP contribution >= 0.6 is 23.8 Å². The molecule has 0 heterocycles. The first kappa shape index (κ1) is 17.5. The first-order chi connectivity index (χ1) is 10.9. The summed E-state index contributed by atoms with van der Waals surface area (Å²) in [6.45, 7) is 3.95. The molecule has 2 rings (SSSR count). The number of hydrogen-bond donors (Lipinski definition) is 1. The van der Waals surface area contributed by atoms with Crippen LogP contribution in [0.1, 0.15) is 16.7 Å². The minimum absolute atomic E-state index is 0.0174. The van der Waals surface area contributed by atoms with Crippen LogP contribution in [0.25, 0.3) is 0 Å². The highest BCUT2D eigenvalue weighted by Gasteiger charge is 2.12. The molecule has 1 N–H and O–H groups in total. The van der Waals surface area contributed by atoms with Crippen LogP contribution in [0.2, 0.25) is 5.02 Å². The smallest absolute Gasteiger partial charge is 0.260 e. The molecule has 0 amide bonds. The van der Waals surface area contributed by atoms with Gasteiger partial charge in [0.1, 0.15) is 18.2 Å². The molecule has 0 saturated heterocycles. The molecule has 0 aromatic heterocycles. The standard InChI is InChI=1S/C17H17ClFNO2S/c1-10-7-13(18)16(8-11(10)2)22-9-12-14(19)5-4-6-15(12)20-17(23)21-3/h4-8H,9H2,1-3H3,(H,20,23). The number of aryl methyl sites for hydroxylation is 2. The van der Waals surface area contributed by atoms with E-state index in [2.05, 4.69) is 5.32 Å². The molecule has 0 aliphatic rings. The molecule has 6 heteroatoms. The molecule has 2 aromatic carbocycles. The highest BCUT2D eigenvalue weighted by atomic mass is 35.5. The van der Waals surface area contributed by atoms with Crippen molar-refractivity contribution < 1.29 is 13.9 Å². The van der Waals surface area contributed by atoms with Crippen molar-refractivity contribution in [2.75, 3.05) is 12.4 Å². The fourth-order valence-corrected chi connectivity index (χ4v) is 2.38. The van der Waals surface area contributed by atoms with Crippen LogP contribution in [0.15, 0.2) is 30.3 Å². The molecule has 0 aliphatic heterocycles. The first-order valence-electron chi connectivity index (χ1n) is 6.94. The van der Waals surface area contributed by atoms with Gasteiger partial charge in [-0.2, -0.15) is 0 Å². The molecule has 23 heavy (non-hydrogen) atoms. The Hall–Kier alpha value is -1.85. The van der Waals surface area contributed by atoms with Crippen LogP contribution in [-0.4, -0.2) is 12.3 Å². The van der Waals surface area contributed by atoms with E-state index < -0.39 is 5.82 Å². The van der Waals surface area contributed by atoms with Crippen molar-refractivity contribution in [3.05, 3.63) is 57.9 Å². The minimum Gasteiger partial charge on any atom is -0.487 e. The van der Waals surface area contributed by atoms with E-state index in [1.165, 1.54) is 13.2 Å². The van der Waals surface area contributed by atoms with E-state index in [9.17, 15) is 4.39 Å². The van der Waals surface area contributed by atoms with Gasteiger partial charge in [0, 0.05) is 5.56 Å². The van der Waals surface area contributed by atoms with Gasteiger partial charge in [0.25, 0.3) is 5.17 Å². The Kier molecular flexibility index (Phi) is 5.80. The van der Waals surface area contributed by atoms with Crippen LogP contribution in [0.3, 0.4) is 0 Å². The topological polar surface area (TPSA) is 30.5 Å². The second-order valence-electron chi connectivity index (χ2n) is 5.04. The second-order valence-corrected chi connectivity index (χ2v) is 5.82. The maximum absolute atomic E-state index is 14.1.